The molecule has 3 aromatic carbocycles. The van der Waals surface area contributed by atoms with E-state index in [0.717, 1.165) is 27.6 Å². The van der Waals surface area contributed by atoms with E-state index in [1.165, 1.54) is 12.1 Å². The van der Waals surface area contributed by atoms with Crippen molar-refractivity contribution >= 4 is 28.3 Å². The van der Waals surface area contributed by atoms with Crippen molar-refractivity contribution in [2.24, 2.45) is 0 Å². The summed E-state index contributed by atoms with van der Waals surface area (Å²) in [5.41, 5.74) is 2.49. The molecule has 0 saturated heterocycles. The van der Waals surface area contributed by atoms with Gasteiger partial charge in [-0.15, -0.1) is 0 Å². The number of halogens is 1. The lowest BCUT2D eigenvalue weighted by Gasteiger charge is -2.18. The summed E-state index contributed by atoms with van der Waals surface area (Å²) in [5, 5.41) is 4.97. The number of amides is 2. The fraction of sp³-hybridized carbons (Fsp3) is 0.217. The monoisotopic (exact) mass is 376 g/mol. The van der Waals surface area contributed by atoms with E-state index in [1.807, 2.05) is 43.3 Å². The highest BCUT2D eigenvalue weighted by Crippen LogP contribution is 2.37. The number of anilines is 1. The number of hydrogen-bond donors (Lipinski definition) is 1. The number of nitrogens with zero attached hydrogens (tertiary/aromatic N) is 1. The quantitative estimate of drug-likeness (QED) is 0.684. The van der Waals surface area contributed by atoms with E-state index in [2.05, 4.69) is 5.32 Å². The van der Waals surface area contributed by atoms with Crippen LogP contribution in [0.4, 0.5) is 10.1 Å². The lowest BCUT2D eigenvalue weighted by molar-refractivity contribution is -0.121. The maximum absolute atomic E-state index is 13.0. The maximum Gasteiger partial charge on any atom is 0.258 e. The molecule has 0 aromatic heterocycles. The Hall–Kier alpha value is -3.21. The molecule has 4 rings (SSSR count). The summed E-state index contributed by atoms with van der Waals surface area (Å²) >= 11 is 0. The van der Waals surface area contributed by atoms with Gasteiger partial charge in [-0.05, 0) is 48.6 Å². The van der Waals surface area contributed by atoms with E-state index in [4.69, 9.17) is 0 Å². The Morgan fingerprint density at radius 3 is 2.54 bits per heavy atom. The number of hydrogen-bond acceptors (Lipinski definition) is 2. The first-order chi connectivity index (χ1) is 13.5. The molecule has 1 heterocycles. The minimum Gasteiger partial charge on any atom is -0.350 e. The standard InChI is InChI=1S/C23H21FN2O2/c1-15(16-10-12-18(24)13-11-16)25-21(27)9-4-14-26-20-8-3-6-17-5-2-7-19(22(17)20)23(26)28/h2-3,5-8,10-13,15H,4,9,14H2,1H3,(H,25,27)/t15-/m1/s1. The van der Waals surface area contributed by atoms with Crippen LogP contribution >= 0.6 is 0 Å². The molecule has 0 aliphatic carbocycles. The zero-order valence-electron chi connectivity index (χ0n) is 15.6. The number of carbonyl (C=O) groups excluding carboxylic acids is 2. The maximum atomic E-state index is 13.0. The second-order valence-electron chi connectivity index (χ2n) is 7.08. The number of rotatable bonds is 6. The summed E-state index contributed by atoms with van der Waals surface area (Å²) in [6.45, 7) is 2.36. The molecule has 28 heavy (non-hydrogen) atoms. The Labute approximate surface area is 163 Å². The third-order valence-corrected chi connectivity index (χ3v) is 5.18. The topological polar surface area (TPSA) is 49.4 Å². The molecule has 0 fully saturated rings. The van der Waals surface area contributed by atoms with Crippen LogP contribution in [0.2, 0.25) is 0 Å². The first kappa shape index (κ1) is 18.2. The molecule has 4 nitrogen and oxygen atoms in total. The highest BCUT2D eigenvalue weighted by atomic mass is 19.1. The third-order valence-electron chi connectivity index (χ3n) is 5.18. The summed E-state index contributed by atoms with van der Waals surface area (Å²) in [7, 11) is 0. The lowest BCUT2D eigenvalue weighted by atomic mass is 10.1. The van der Waals surface area contributed by atoms with Gasteiger partial charge in [0.05, 0.1) is 11.7 Å². The average Bonchev–Trinajstić information content (AvgIpc) is 2.96. The minimum absolute atomic E-state index is 0.00751. The van der Waals surface area contributed by atoms with E-state index >= 15 is 0 Å². The molecule has 1 aliphatic rings. The van der Waals surface area contributed by atoms with Crippen molar-refractivity contribution in [3.8, 4) is 0 Å². The Kier molecular flexibility index (Phi) is 4.82. The second kappa shape index (κ2) is 7.43. The first-order valence-corrected chi connectivity index (χ1v) is 9.43. The fourth-order valence-corrected chi connectivity index (χ4v) is 3.75. The normalized spacial score (nSPS) is 13.8. The van der Waals surface area contributed by atoms with Gasteiger partial charge < -0.3 is 10.2 Å². The van der Waals surface area contributed by atoms with Crippen molar-refractivity contribution in [1.82, 2.24) is 5.32 Å². The van der Waals surface area contributed by atoms with Crippen LogP contribution in [0.5, 0.6) is 0 Å². The highest BCUT2D eigenvalue weighted by Gasteiger charge is 2.29. The van der Waals surface area contributed by atoms with Gasteiger partial charge in [0.2, 0.25) is 5.91 Å². The van der Waals surface area contributed by atoms with Gasteiger partial charge in [-0.25, -0.2) is 4.39 Å². The van der Waals surface area contributed by atoms with Crippen molar-refractivity contribution in [2.75, 3.05) is 11.4 Å². The number of benzene rings is 3. The van der Waals surface area contributed by atoms with Crippen molar-refractivity contribution in [3.05, 3.63) is 77.6 Å². The van der Waals surface area contributed by atoms with Crippen molar-refractivity contribution in [2.45, 2.75) is 25.8 Å². The molecule has 0 spiro atoms. The van der Waals surface area contributed by atoms with Crippen LogP contribution in [-0.2, 0) is 4.79 Å². The smallest absolute Gasteiger partial charge is 0.258 e. The lowest BCUT2D eigenvalue weighted by Crippen LogP contribution is -2.30. The fourth-order valence-electron chi connectivity index (χ4n) is 3.75. The largest absolute Gasteiger partial charge is 0.350 e. The van der Waals surface area contributed by atoms with Crippen molar-refractivity contribution < 1.29 is 14.0 Å². The molecule has 1 atom stereocenters. The minimum atomic E-state index is -0.298. The van der Waals surface area contributed by atoms with Gasteiger partial charge in [0, 0.05) is 23.9 Å². The van der Waals surface area contributed by atoms with Crippen LogP contribution in [0.15, 0.2) is 60.7 Å². The molecule has 0 bridgehead atoms. The second-order valence-corrected chi connectivity index (χ2v) is 7.08. The van der Waals surface area contributed by atoms with Crippen LogP contribution in [0.1, 0.15) is 41.7 Å². The zero-order chi connectivity index (χ0) is 19.7. The van der Waals surface area contributed by atoms with E-state index in [1.54, 1.807) is 17.0 Å². The van der Waals surface area contributed by atoms with E-state index in [0.29, 0.717) is 19.4 Å². The average molecular weight is 376 g/mol. The first-order valence-electron chi connectivity index (χ1n) is 9.43. The Morgan fingerprint density at radius 1 is 1.07 bits per heavy atom. The molecule has 0 saturated carbocycles. The Balaban J connectivity index is 1.36. The molecule has 3 aromatic rings. The summed E-state index contributed by atoms with van der Waals surface area (Å²) in [5.74, 6) is -0.389. The molecule has 1 aliphatic heterocycles. The molecule has 1 N–H and O–H groups in total. The molecule has 0 unspecified atom stereocenters. The van der Waals surface area contributed by atoms with Crippen LogP contribution in [0.3, 0.4) is 0 Å². The van der Waals surface area contributed by atoms with Gasteiger partial charge in [-0.3, -0.25) is 9.59 Å². The summed E-state index contributed by atoms with van der Waals surface area (Å²) in [4.78, 5) is 26.8. The SMILES string of the molecule is C[C@@H](NC(=O)CCCN1C(=O)c2cccc3cccc1c23)c1ccc(F)cc1. The summed E-state index contributed by atoms with van der Waals surface area (Å²) < 4.78 is 13.0. The Morgan fingerprint density at radius 2 is 1.79 bits per heavy atom. The molecule has 2 amide bonds. The Bertz CT molecular complexity index is 1040. The van der Waals surface area contributed by atoms with Gasteiger partial charge in [-0.2, -0.15) is 0 Å². The molecule has 142 valence electrons. The molecular formula is C23H21FN2O2. The van der Waals surface area contributed by atoms with Crippen molar-refractivity contribution in [3.63, 3.8) is 0 Å². The number of nitrogens with one attached hydrogen (secondary N) is 1. The van der Waals surface area contributed by atoms with Gasteiger partial charge in [0.15, 0.2) is 0 Å². The molecule has 0 radical (unpaired) electrons. The van der Waals surface area contributed by atoms with Gasteiger partial charge >= 0.3 is 0 Å². The van der Waals surface area contributed by atoms with Crippen LogP contribution in [0, 0.1) is 5.82 Å². The van der Waals surface area contributed by atoms with Gasteiger partial charge in [0.25, 0.3) is 5.91 Å². The van der Waals surface area contributed by atoms with Crippen LogP contribution in [0.25, 0.3) is 10.8 Å². The van der Waals surface area contributed by atoms with Crippen molar-refractivity contribution in [1.29, 1.82) is 0 Å². The van der Waals surface area contributed by atoms with E-state index in [9.17, 15) is 14.0 Å². The van der Waals surface area contributed by atoms with Gasteiger partial charge in [0.1, 0.15) is 5.82 Å². The van der Waals surface area contributed by atoms with E-state index in [-0.39, 0.29) is 23.7 Å². The number of carbonyl (C=O) groups is 2. The predicted octanol–water partition coefficient (Wildman–Crippen LogP) is 4.60. The molecule has 5 heteroatoms. The predicted molar refractivity (Wildman–Crippen MR) is 108 cm³/mol. The van der Waals surface area contributed by atoms with E-state index < -0.39 is 0 Å². The van der Waals surface area contributed by atoms with Crippen LogP contribution in [-0.4, -0.2) is 18.4 Å². The zero-order valence-corrected chi connectivity index (χ0v) is 15.6. The third kappa shape index (κ3) is 3.36. The molecular weight excluding hydrogens is 355 g/mol. The van der Waals surface area contributed by atoms with Gasteiger partial charge in [-0.1, -0.05) is 36.4 Å². The summed E-state index contributed by atoms with van der Waals surface area (Å²) in [6, 6.07) is 17.6. The van der Waals surface area contributed by atoms with Crippen LogP contribution < -0.4 is 10.2 Å². The summed E-state index contributed by atoms with van der Waals surface area (Å²) in [6.07, 6.45) is 0.889. The highest BCUT2D eigenvalue weighted by molar-refractivity contribution is 6.25.